The molecule has 1 aromatic carbocycles. The molecule has 4 nitrogen and oxygen atoms in total. The largest absolute Gasteiger partial charge is 0.355 e. The minimum Gasteiger partial charge on any atom is -0.273 e. The first-order chi connectivity index (χ1) is 10.1. The molecule has 0 bridgehead atoms. The van der Waals surface area contributed by atoms with Gasteiger partial charge >= 0.3 is 6.03 Å². The van der Waals surface area contributed by atoms with Crippen molar-refractivity contribution in [3.05, 3.63) is 39.8 Å². The Labute approximate surface area is 130 Å². The van der Waals surface area contributed by atoms with Crippen LogP contribution in [-0.2, 0) is 4.79 Å². The Hall–Kier alpha value is -1.59. The normalized spacial score (nSPS) is 24.3. The molecule has 0 radical (unpaired) electrons. The fourth-order valence-corrected chi connectivity index (χ4v) is 4.58. The predicted molar refractivity (Wildman–Crippen MR) is 83.7 cm³/mol. The topological polar surface area (TPSA) is 49.7 Å². The van der Waals surface area contributed by atoms with Crippen molar-refractivity contribution in [2.45, 2.75) is 19.3 Å². The van der Waals surface area contributed by atoms with Crippen molar-refractivity contribution in [1.29, 1.82) is 0 Å². The molecule has 4 rings (SSSR count). The number of hydrogen-bond acceptors (Lipinski definition) is 3. The number of aliphatic imine (C=N–C) groups is 1. The third-order valence-corrected chi connectivity index (χ3v) is 5.45. The van der Waals surface area contributed by atoms with Crippen LogP contribution in [-0.4, -0.2) is 17.0 Å². The number of carbonyl (C=O) groups excluding carboxylic acids is 2. The second kappa shape index (κ2) is 4.71. The van der Waals surface area contributed by atoms with E-state index in [1.165, 1.54) is 16.7 Å². The number of anilines is 1. The molecule has 6 heteroatoms. The molecule has 1 aliphatic carbocycles. The van der Waals surface area contributed by atoms with Crippen LogP contribution in [0.2, 0.25) is 5.02 Å². The highest BCUT2D eigenvalue weighted by atomic mass is 35.5. The Balaban J connectivity index is 1.78. The van der Waals surface area contributed by atoms with E-state index in [1.807, 2.05) is 0 Å². The molecular weight excluding hydrogens is 308 g/mol. The maximum Gasteiger partial charge on any atom is 0.355 e. The summed E-state index contributed by atoms with van der Waals surface area (Å²) in [5, 5.41) is 1.14. The summed E-state index contributed by atoms with van der Waals surface area (Å²) in [7, 11) is 0. The minimum absolute atomic E-state index is 0.202. The summed E-state index contributed by atoms with van der Waals surface area (Å²) in [6.07, 6.45) is 3.00. The molecule has 1 atom stereocenters. The number of allylic oxidation sites excluding steroid dienone is 1. The van der Waals surface area contributed by atoms with E-state index >= 15 is 0 Å². The first kappa shape index (κ1) is 13.1. The van der Waals surface area contributed by atoms with Gasteiger partial charge < -0.3 is 0 Å². The quantitative estimate of drug-likeness (QED) is 0.786. The van der Waals surface area contributed by atoms with Gasteiger partial charge in [0.1, 0.15) is 11.0 Å². The fourth-order valence-electron chi connectivity index (χ4n) is 3.06. The van der Waals surface area contributed by atoms with Gasteiger partial charge in [0.2, 0.25) is 5.91 Å². The van der Waals surface area contributed by atoms with E-state index in [4.69, 9.17) is 11.6 Å². The molecule has 3 amide bonds. The van der Waals surface area contributed by atoms with Gasteiger partial charge in [-0.25, -0.2) is 9.69 Å². The molecule has 0 fully saturated rings. The van der Waals surface area contributed by atoms with Crippen molar-refractivity contribution in [1.82, 2.24) is 0 Å². The van der Waals surface area contributed by atoms with Gasteiger partial charge in [-0.3, -0.25) is 4.79 Å². The number of benzene rings is 1. The van der Waals surface area contributed by atoms with Crippen LogP contribution in [0.5, 0.6) is 0 Å². The highest BCUT2D eigenvalue weighted by molar-refractivity contribution is 8.17. The Kier molecular flexibility index (Phi) is 2.94. The number of amides is 3. The number of fused-ring (bicyclic) bond motifs is 2. The molecule has 0 saturated carbocycles. The first-order valence-corrected chi connectivity index (χ1v) is 7.96. The van der Waals surface area contributed by atoms with Gasteiger partial charge in [0, 0.05) is 5.02 Å². The summed E-state index contributed by atoms with van der Waals surface area (Å²) in [5.41, 5.74) is 1.64. The molecule has 1 unspecified atom stereocenters. The summed E-state index contributed by atoms with van der Waals surface area (Å²) < 4.78 is 0. The van der Waals surface area contributed by atoms with E-state index in [0.717, 1.165) is 29.7 Å². The van der Waals surface area contributed by atoms with Gasteiger partial charge in [0.05, 0.1) is 5.69 Å². The second-order valence-electron chi connectivity index (χ2n) is 5.22. The van der Waals surface area contributed by atoms with E-state index in [-0.39, 0.29) is 11.8 Å². The summed E-state index contributed by atoms with van der Waals surface area (Å²) in [6, 6.07) is 6.23. The number of imide groups is 1. The first-order valence-electron chi connectivity index (χ1n) is 6.77. The third-order valence-electron chi connectivity index (χ3n) is 3.96. The Morgan fingerprint density at radius 1 is 1.29 bits per heavy atom. The van der Waals surface area contributed by atoms with Gasteiger partial charge in [-0.1, -0.05) is 29.4 Å². The molecule has 2 aliphatic heterocycles. The molecule has 3 aliphatic rings. The number of rotatable bonds is 1. The minimum atomic E-state index is -0.526. The van der Waals surface area contributed by atoms with Crippen molar-refractivity contribution in [2.75, 3.05) is 4.90 Å². The van der Waals surface area contributed by atoms with Crippen LogP contribution in [0.1, 0.15) is 19.3 Å². The molecule has 0 aromatic heterocycles. The molecular formula is C15H11ClN2O2S. The maximum absolute atomic E-state index is 12.8. The van der Waals surface area contributed by atoms with E-state index < -0.39 is 6.03 Å². The van der Waals surface area contributed by atoms with Crippen molar-refractivity contribution in [3.8, 4) is 0 Å². The van der Waals surface area contributed by atoms with Crippen LogP contribution in [0.25, 0.3) is 0 Å². The monoisotopic (exact) mass is 318 g/mol. The van der Waals surface area contributed by atoms with Crippen molar-refractivity contribution >= 4 is 46.0 Å². The number of hydrogen-bond donors (Lipinski definition) is 0. The Bertz CT molecular complexity index is 741. The maximum atomic E-state index is 12.8. The average Bonchev–Trinajstić information content (AvgIpc) is 2.98. The van der Waals surface area contributed by atoms with Crippen LogP contribution in [0, 0.1) is 5.92 Å². The Morgan fingerprint density at radius 3 is 2.95 bits per heavy atom. The van der Waals surface area contributed by atoms with E-state index in [9.17, 15) is 9.59 Å². The van der Waals surface area contributed by atoms with Gasteiger partial charge in [-0.2, -0.15) is 4.99 Å². The lowest BCUT2D eigenvalue weighted by Gasteiger charge is -2.27. The molecule has 2 heterocycles. The van der Waals surface area contributed by atoms with Crippen LogP contribution in [0.15, 0.2) is 39.7 Å². The summed E-state index contributed by atoms with van der Waals surface area (Å²) in [5.74, 6) is -0.559. The summed E-state index contributed by atoms with van der Waals surface area (Å²) in [4.78, 5) is 31.5. The number of urea groups is 1. The number of nitrogens with zero attached hydrogens (tertiary/aromatic N) is 2. The highest BCUT2D eigenvalue weighted by Crippen LogP contribution is 2.49. The number of halogens is 1. The second-order valence-corrected chi connectivity index (χ2v) is 6.77. The smallest absolute Gasteiger partial charge is 0.273 e. The van der Waals surface area contributed by atoms with E-state index in [0.29, 0.717) is 15.8 Å². The molecule has 0 N–H and O–H groups in total. The van der Waals surface area contributed by atoms with Crippen molar-refractivity contribution in [3.63, 3.8) is 0 Å². The van der Waals surface area contributed by atoms with Crippen LogP contribution in [0.3, 0.4) is 0 Å². The lowest BCUT2D eigenvalue weighted by Crippen LogP contribution is -2.45. The molecule has 106 valence electrons. The lowest BCUT2D eigenvalue weighted by molar-refractivity contribution is -0.119. The third kappa shape index (κ3) is 1.95. The van der Waals surface area contributed by atoms with E-state index in [2.05, 4.69) is 4.99 Å². The number of carbonyl (C=O) groups is 2. The molecule has 0 saturated heterocycles. The zero-order valence-electron chi connectivity index (χ0n) is 11.0. The SMILES string of the molecule is O=C1N=C2SC3=C(CCC3)C2C(=O)N1c1cccc(Cl)c1. The van der Waals surface area contributed by atoms with Crippen molar-refractivity contribution < 1.29 is 9.59 Å². The highest BCUT2D eigenvalue weighted by Gasteiger charge is 2.46. The van der Waals surface area contributed by atoms with E-state index in [1.54, 1.807) is 24.3 Å². The lowest BCUT2D eigenvalue weighted by atomic mass is 9.96. The van der Waals surface area contributed by atoms with Gasteiger partial charge in [0.25, 0.3) is 0 Å². The van der Waals surface area contributed by atoms with Crippen LogP contribution < -0.4 is 4.90 Å². The molecule has 1 aromatic rings. The Morgan fingerprint density at radius 2 is 2.14 bits per heavy atom. The zero-order valence-corrected chi connectivity index (χ0v) is 12.6. The van der Waals surface area contributed by atoms with Gasteiger partial charge in [0.15, 0.2) is 0 Å². The fraction of sp³-hybridized carbons (Fsp3) is 0.267. The zero-order chi connectivity index (χ0) is 14.6. The molecule has 21 heavy (non-hydrogen) atoms. The van der Waals surface area contributed by atoms with Gasteiger partial charge in [-0.05, 0) is 47.9 Å². The van der Waals surface area contributed by atoms with Crippen molar-refractivity contribution in [2.24, 2.45) is 10.9 Å². The van der Waals surface area contributed by atoms with Crippen LogP contribution in [0.4, 0.5) is 10.5 Å². The van der Waals surface area contributed by atoms with Crippen LogP contribution >= 0.6 is 23.4 Å². The van der Waals surface area contributed by atoms with Gasteiger partial charge in [-0.15, -0.1) is 0 Å². The predicted octanol–water partition coefficient (Wildman–Crippen LogP) is 4.01. The molecule has 0 spiro atoms. The summed E-state index contributed by atoms with van der Waals surface area (Å²) >= 11 is 7.47. The average molecular weight is 319 g/mol. The number of thioether (sulfide) groups is 1. The summed E-state index contributed by atoms with van der Waals surface area (Å²) in [6.45, 7) is 0. The standard InChI is InChI=1S/C15H11ClN2O2S/c16-8-3-1-4-9(7-8)18-14(19)12-10-5-2-6-11(10)21-13(12)17-15(18)20/h1,3-4,7,12H,2,5-6H2.